The summed E-state index contributed by atoms with van der Waals surface area (Å²) in [7, 11) is 1.53. The molecule has 0 spiro atoms. The molecule has 0 bridgehead atoms. The number of aliphatic hydroxyl groups is 1. The Hall–Kier alpha value is -0.220. The first-order valence-electron chi connectivity index (χ1n) is 3.22. The van der Waals surface area contributed by atoms with Crippen molar-refractivity contribution in [2.45, 2.75) is 25.4 Å². The second-order valence-electron chi connectivity index (χ2n) is 2.29. The van der Waals surface area contributed by atoms with Gasteiger partial charge in [-0.05, 0) is 13.5 Å². The van der Waals surface area contributed by atoms with Gasteiger partial charge in [-0.2, -0.15) is 0 Å². The van der Waals surface area contributed by atoms with E-state index in [0.717, 1.165) is 0 Å². The zero-order valence-electron chi connectivity index (χ0n) is 6.19. The normalized spacial score (nSPS) is 17.4. The second kappa shape index (κ2) is 3.83. The number of hydrogen-bond donors (Lipinski definition) is 2. The molecule has 0 rings (SSSR count). The van der Waals surface area contributed by atoms with Crippen molar-refractivity contribution in [2.24, 2.45) is 0 Å². The molecule has 0 fully saturated rings. The fourth-order valence-corrected chi connectivity index (χ4v) is 0.663. The van der Waals surface area contributed by atoms with E-state index >= 15 is 0 Å². The molecule has 0 saturated heterocycles. The van der Waals surface area contributed by atoms with Crippen LogP contribution in [0.4, 0.5) is 8.78 Å². The van der Waals surface area contributed by atoms with Crippen LogP contribution in [0.2, 0.25) is 0 Å². The van der Waals surface area contributed by atoms with Crippen LogP contribution in [0.3, 0.4) is 0 Å². The average Bonchev–Trinajstić information content (AvgIpc) is 1.88. The maximum absolute atomic E-state index is 12.0. The molecule has 0 aromatic heterocycles. The minimum Gasteiger partial charge on any atom is -0.383 e. The third-order valence-corrected chi connectivity index (χ3v) is 1.50. The largest absolute Gasteiger partial charge is 0.383 e. The van der Waals surface area contributed by atoms with Gasteiger partial charge in [0.2, 0.25) is 0 Å². The molecule has 0 radical (unpaired) electrons. The Morgan fingerprint density at radius 1 is 1.60 bits per heavy atom. The third kappa shape index (κ3) is 2.19. The van der Waals surface area contributed by atoms with Crippen LogP contribution in [-0.2, 0) is 0 Å². The first kappa shape index (κ1) is 9.78. The second-order valence-corrected chi connectivity index (χ2v) is 2.29. The van der Waals surface area contributed by atoms with Crippen molar-refractivity contribution in [1.82, 2.24) is 5.32 Å². The lowest BCUT2D eigenvalue weighted by atomic mass is 10.0. The van der Waals surface area contributed by atoms with E-state index in [1.165, 1.54) is 14.0 Å². The lowest BCUT2D eigenvalue weighted by Crippen LogP contribution is -2.45. The predicted molar refractivity (Wildman–Crippen MR) is 35.2 cm³/mol. The van der Waals surface area contributed by atoms with E-state index in [1.807, 2.05) is 0 Å². The number of nitrogens with one attached hydrogen (secondary N) is 1. The van der Waals surface area contributed by atoms with Crippen LogP contribution < -0.4 is 5.32 Å². The molecular formula is C6H13F2NO. The van der Waals surface area contributed by atoms with Gasteiger partial charge in [0.15, 0.2) is 0 Å². The monoisotopic (exact) mass is 153 g/mol. The van der Waals surface area contributed by atoms with Crippen LogP contribution in [0, 0.1) is 0 Å². The van der Waals surface area contributed by atoms with Crippen LogP contribution in [0.5, 0.6) is 0 Å². The van der Waals surface area contributed by atoms with E-state index in [0.29, 0.717) is 0 Å². The minimum absolute atomic E-state index is 0.0610. The number of alkyl halides is 2. The molecular weight excluding hydrogens is 140 g/mol. The van der Waals surface area contributed by atoms with Gasteiger partial charge in [0.05, 0.1) is 0 Å². The maximum Gasteiger partial charge on any atom is 0.268 e. The first-order chi connectivity index (χ1) is 4.56. The molecule has 0 aromatic carbocycles. The van der Waals surface area contributed by atoms with E-state index < -0.39 is 12.0 Å². The van der Waals surface area contributed by atoms with Crippen molar-refractivity contribution in [3.8, 4) is 0 Å². The molecule has 0 aliphatic carbocycles. The zero-order valence-corrected chi connectivity index (χ0v) is 6.19. The van der Waals surface area contributed by atoms with Crippen molar-refractivity contribution in [3.63, 3.8) is 0 Å². The van der Waals surface area contributed by atoms with Crippen LogP contribution in [0.25, 0.3) is 0 Å². The topological polar surface area (TPSA) is 32.3 Å². The highest BCUT2D eigenvalue weighted by Crippen LogP contribution is 2.18. The van der Waals surface area contributed by atoms with Crippen molar-refractivity contribution in [1.29, 1.82) is 0 Å². The molecule has 0 aliphatic heterocycles. The lowest BCUT2D eigenvalue weighted by molar-refractivity contribution is -0.0949. The Kier molecular flexibility index (Phi) is 3.75. The van der Waals surface area contributed by atoms with Gasteiger partial charge < -0.3 is 10.4 Å². The Labute approximate surface area is 59.2 Å². The molecule has 2 nitrogen and oxygen atoms in total. The minimum atomic E-state index is -2.68. The van der Waals surface area contributed by atoms with Crippen LogP contribution in [-0.4, -0.2) is 30.7 Å². The Bertz CT molecular complexity index is 99.7. The summed E-state index contributed by atoms with van der Waals surface area (Å²) in [6.45, 7) is 1.46. The average molecular weight is 153 g/mol. The molecule has 10 heavy (non-hydrogen) atoms. The lowest BCUT2D eigenvalue weighted by Gasteiger charge is -2.24. The van der Waals surface area contributed by atoms with Crippen LogP contribution >= 0.6 is 0 Å². The Balaban J connectivity index is 3.94. The number of rotatable bonds is 4. The highest BCUT2D eigenvalue weighted by Gasteiger charge is 2.34. The standard InChI is InChI=1S/C6H13F2NO/c1-3-6(10,4-9-2)5(7)8/h5,9-10H,3-4H2,1-2H3. The molecule has 0 aromatic rings. The van der Waals surface area contributed by atoms with Crippen LogP contribution in [0.1, 0.15) is 13.3 Å². The van der Waals surface area contributed by atoms with Gasteiger partial charge in [0, 0.05) is 6.54 Å². The van der Waals surface area contributed by atoms with E-state index in [1.54, 1.807) is 0 Å². The van der Waals surface area contributed by atoms with Gasteiger partial charge in [-0.3, -0.25) is 0 Å². The SMILES string of the molecule is CCC(O)(CNC)C(F)F. The maximum atomic E-state index is 12.0. The summed E-state index contributed by atoms with van der Waals surface area (Å²) >= 11 is 0. The van der Waals surface area contributed by atoms with Crippen LogP contribution in [0.15, 0.2) is 0 Å². The Morgan fingerprint density at radius 3 is 2.20 bits per heavy atom. The fourth-order valence-electron chi connectivity index (χ4n) is 0.663. The van der Waals surface area contributed by atoms with Crippen molar-refractivity contribution in [3.05, 3.63) is 0 Å². The van der Waals surface area contributed by atoms with Crippen molar-refractivity contribution >= 4 is 0 Å². The van der Waals surface area contributed by atoms with Crippen molar-refractivity contribution in [2.75, 3.05) is 13.6 Å². The van der Waals surface area contributed by atoms with Gasteiger partial charge in [0.1, 0.15) is 5.60 Å². The number of likely N-dealkylation sites (N-methyl/N-ethyl adjacent to an activating group) is 1. The van der Waals surface area contributed by atoms with E-state index in [4.69, 9.17) is 5.11 Å². The summed E-state index contributed by atoms with van der Waals surface area (Å²) in [6, 6.07) is 0. The molecule has 4 heteroatoms. The summed E-state index contributed by atoms with van der Waals surface area (Å²) in [5.41, 5.74) is -1.85. The summed E-state index contributed by atoms with van der Waals surface area (Å²) in [5, 5.41) is 11.6. The molecule has 0 amide bonds. The number of halogens is 2. The highest BCUT2D eigenvalue weighted by atomic mass is 19.3. The predicted octanol–water partition coefficient (Wildman–Crippen LogP) is 0.612. The van der Waals surface area contributed by atoms with E-state index in [9.17, 15) is 8.78 Å². The van der Waals surface area contributed by atoms with E-state index in [-0.39, 0.29) is 13.0 Å². The summed E-state index contributed by atoms with van der Waals surface area (Å²) in [4.78, 5) is 0. The molecule has 2 N–H and O–H groups in total. The summed E-state index contributed by atoms with van der Waals surface area (Å²) < 4.78 is 24.0. The molecule has 1 atom stereocenters. The van der Waals surface area contributed by atoms with Gasteiger partial charge >= 0.3 is 0 Å². The molecule has 0 saturated carbocycles. The first-order valence-corrected chi connectivity index (χ1v) is 3.22. The summed E-state index contributed by atoms with van der Waals surface area (Å²) in [6.07, 6.45) is -2.61. The smallest absolute Gasteiger partial charge is 0.268 e. The highest BCUT2D eigenvalue weighted by molar-refractivity contribution is 4.81. The van der Waals surface area contributed by atoms with Gasteiger partial charge in [-0.15, -0.1) is 0 Å². The molecule has 62 valence electrons. The van der Waals surface area contributed by atoms with Gasteiger partial charge in [-0.1, -0.05) is 6.92 Å². The molecule has 0 heterocycles. The fraction of sp³-hybridized carbons (Fsp3) is 1.00. The Morgan fingerprint density at radius 2 is 2.10 bits per heavy atom. The number of hydrogen-bond acceptors (Lipinski definition) is 2. The van der Waals surface area contributed by atoms with Gasteiger partial charge in [-0.25, -0.2) is 8.78 Å². The molecule has 1 unspecified atom stereocenters. The quantitative estimate of drug-likeness (QED) is 0.620. The van der Waals surface area contributed by atoms with E-state index in [2.05, 4.69) is 5.32 Å². The van der Waals surface area contributed by atoms with Gasteiger partial charge in [0.25, 0.3) is 6.43 Å². The molecule has 0 aliphatic rings. The zero-order chi connectivity index (χ0) is 8.20. The van der Waals surface area contributed by atoms with Crippen molar-refractivity contribution < 1.29 is 13.9 Å². The third-order valence-electron chi connectivity index (χ3n) is 1.50. The summed E-state index contributed by atoms with van der Waals surface area (Å²) in [5.74, 6) is 0.